The molecule has 1 aliphatic heterocycles. The topological polar surface area (TPSA) is 73.5 Å². The monoisotopic (exact) mass is 324 g/mol. The van der Waals surface area contributed by atoms with Crippen LogP contribution in [0.2, 0.25) is 0 Å². The number of likely N-dealkylation sites (tertiary alicyclic amines) is 1. The van der Waals surface area contributed by atoms with Crippen LogP contribution in [0.15, 0.2) is 0 Å². The van der Waals surface area contributed by atoms with E-state index < -0.39 is 0 Å². The molecule has 0 aromatic rings. The zero-order chi connectivity index (χ0) is 16.9. The maximum atomic E-state index is 12.2. The number of hydrogen-bond donors (Lipinski definition) is 3. The van der Waals surface area contributed by atoms with E-state index in [0.29, 0.717) is 32.1 Å². The molecule has 1 aliphatic carbocycles. The second kappa shape index (κ2) is 7.88. The van der Waals surface area contributed by atoms with E-state index in [-0.39, 0.29) is 17.6 Å². The fourth-order valence-corrected chi connectivity index (χ4v) is 3.24. The minimum atomic E-state index is -0.144. The van der Waals surface area contributed by atoms with Crippen molar-refractivity contribution < 1.29 is 9.59 Å². The average Bonchev–Trinajstić information content (AvgIpc) is 3.29. The Bertz CT molecular complexity index is 413. The number of amides is 4. The van der Waals surface area contributed by atoms with Crippen molar-refractivity contribution in [3.63, 3.8) is 0 Å². The first kappa shape index (κ1) is 17.9. The van der Waals surface area contributed by atoms with Crippen LogP contribution in [0.5, 0.6) is 0 Å². The van der Waals surface area contributed by atoms with Crippen LogP contribution in [-0.4, -0.2) is 48.7 Å². The normalized spacial score (nSPS) is 20.3. The molecule has 6 heteroatoms. The van der Waals surface area contributed by atoms with Gasteiger partial charge in [-0.3, -0.25) is 0 Å². The number of rotatable bonds is 6. The van der Waals surface area contributed by atoms with E-state index >= 15 is 0 Å². The zero-order valence-electron chi connectivity index (χ0n) is 14.8. The fraction of sp³-hybridized carbons (Fsp3) is 0.882. The van der Waals surface area contributed by atoms with Gasteiger partial charge in [0.1, 0.15) is 0 Å². The summed E-state index contributed by atoms with van der Waals surface area (Å²) in [5.41, 5.74) is -0.144. The van der Waals surface area contributed by atoms with E-state index in [4.69, 9.17) is 0 Å². The summed E-state index contributed by atoms with van der Waals surface area (Å²) in [4.78, 5) is 26.1. The second-order valence-corrected chi connectivity index (χ2v) is 7.48. The Labute approximate surface area is 139 Å². The Kier molecular flexibility index (Phi) is 6.13. The predicted molar refractivity (Wildman–Crippen MR) is 91.3 cm³/mol. The molecule has 1 heterocycles. The van der Waals surface area contributed by atoms with Gasteiger partial charge in [-0.2, -0.15) is 0 Å². The van der Waals surface area contributed by atoms with E-state index in [9.17, 15) is 9.59 Å². The molecule has 23 heavy (non-hydrogen) atoms. The van der Waals surface area contributed by atoms with E-state index in [1.54, 1.807) is 0 Å². The van der Waals surface area contributed by atoms with Gasteiger partial charge in [-0.25, -0.2) is 9.59 Å². The Morgan fingerprint density at radius 3 is 2.35 bits per heavy atom. The van der Waals surface area contributed by atoms with Crippen LogP contribution >= 0.6 is 0 Å². The molecule has 1 saturated heterocycles. The highest BCUT2D eigenvalue weighted by Gasteiger charge is 2.41. The van der Waals surface area contributed by atoms with Crippen LogP contribution < -0.4 is 16.0 Å². The molecular weight excluding hydrogens is 292 g/mol. The van der Waals surface area contributed by atoms with Crippen molar-refractivity contribution in [3.05, 3.63) is 0 Å². The number of carbonyl (C=O) groups is 2. The number of piperidine rings is 1. The SMILES string of the molecule is CCNC(=O)NC1(CC2CC2)CCN(C(=O)NCC(C)C)CC1. The van der Waals surface area contributed by atoms with Crippen LogP contribution in [0.4, 0.5) is 9.59 Å². The van der Waals surface area contributed by atoms with Gasteiger partial charge in [-0.15, -0.1) is 0 Å². The van der Waals surface area contributed by atoms with Crippen molar-refractivity contribution in [2.75, 3.05) is 26.2 Å². The Balaban J connectivity index is 1.87. The third kappa shape index (κ3) is 5.59. The highest BCUT2D eigenvalue weighted by Crippen LogP contribution is 2.40. The first-order valence-electron chi connectivity index (χ1n) is 9.03. The van der Waals surface area contributed by atoms with Crippen LogP contribution in [0.3, 0.4) is 0 Å². The molecule has 3 N–H and O–H groups in total. The summed E-state index contributed by atoms with van der Waals surface area (Å²) >= 11 is 0. The van der Waals surface area contributed by atoms with Crippen LogP contribution in [0, 0.1) is 11.8 Å². The third-order valence-electron chi connectivity index (χ3n) is 4.76. The van der Waals surface area contributed by atoms with Gasteiger partial charge in [0.2, 0.25) is 0 Å². The molecule has 2 fully saturated rings. The summed E-state index contributed by atoms with van der Waals surface area (Å²) in [5.74, 6) is 1.20. The molecule has 0 aromatic heterocycles. The number of carbonyl (C=O) groups excluding carboxylic acids is 2. The Morgan fingerprint density at radius 1 is 1.17 bits per heavy atom. The zero-order valence-corrected chi connectivity index (χ0v) is 14.8. The predicted octanol–water partition coefficient (Wildman–Crippen LogP) is 2.31. The quantitative estimate of drug-likeness (QED) is 0.701. The molecular formula is C17H32N4O2. The van der Waals surface area contributed by atoms with Gasteiger partial charge in [0, 0.05) is 31.7 Å². The van der Waals surface area contributed by atoms with E-state index in [1.165, 1.54) is 12.8 Å². The highest BCUT2D eigenvalue weighted by atomic mass is 16.2. The van der Waals surface area contributed by atoms with Crippen molar-refractivity contribution in [3.8, 4) is 0 Å². The lowest BCUT2D eigenvalue weighted by atomic mass is 9.82. The van der Waals surface area contributed by atoms with Crippen LogP contribution in [0.25, 0.3) is 0 Å². The lowest BCUT2D eigenvalue weighted by Gasteiger charge is -2.42. The summed E-state index contributed by atoms with van der Waals surface area (Å²) in [5, 5.41) is 9.02. The summed E-state index contributed by atoms with van der Waals surface area (Å²) in [6.45, 7) is 8.87. The van der Waals surface area contributed by atoms with Gasteiger partial charge in [-0.1, -0.05) is 26.7 Å². The highest BCUT2D eigenvalue weighted by molar-refractivity contribution is 5.75. The average molecular weight is 324 g/mol. The Hall–Kier alpha value is -1.46. The molecule has 0 radical (unpaired) electrons. The first-order valence-corrected chi connectivity index (χ1v) is 9.03. The number of nitrogens with zero attached hydrogens (tertiary/aromatic N) is 1. The second-order valence-electron chi connectivity index (χ2n) is 7.48. The van der Waals surface area contributed by atoms with E-state index in [2.05, 4.69) is 29.8 Å². The van der Waals surface area contributed by atoms with E-state index in [0.717, 1.165) is 25.2 Å². The molecule has 0 bridgehead atoms. The van der Waals surface area contributed by atoms with Gasteiger partial charge in [0.05, 0.1) is 0 Å². The molecule has 6 nitrogen and oxygen atoms in total. The lowest BCUT2D eigenvalue weighted by Crippen LogP contribution is -2.59. The molecule has 2 aliphatic rings. The van der Waals surface area contributed by atoms with Gasteiger partial charge in [-0.05, 0) is 38.0 Å². The van der Waals surface area contributed by atoms with Gasteiger partial charge in [0.15, 0.2) is 0 Å². The van der Waals surface area contributed by atoms with Gasteiger partial charge in [0.25, 0.3) is 0 Å². The lowest BCUT2D eigenvalue weighted by molar-refractivity contribution is 0.134. The minimum absolute atomic E-state index is 0.0248. The molecule has 0 unspecified atom stereocenters. The summed E-state index contributed by atoms with van der Waals surface area (Å²) in [6.07, 6.45) is 5.28. The third-order valence-corrected chi connectivity index (χ3v) is 4.76. The number of nitrogens with one attached hydrogen (secondary N) is 3. The molecule has 4 amide bonds. The number of urea groups is 2. The molecule has 0 aromatic carbocycles. The van der Waals surface area contributed by atoms with Crippen molar-refractivity contribution in [2.24, 2.45) is 11.8 Å². The summed E-state index contributed by atoms with van der Waals surface area (Å²) < 4.78 is 0. The summed E-state index contributed by atoms with van der Waals surface area (Å²) in [7, 11) is 0. The minimum Gasteiger partial charge on any atom is -0.338 e. The smallest absolute Gasteiger partial charge is 0.317 e. The fourth-order valence-electron chi connectivity index (χ4n) is 3.24. The Morgan fingerprint density at radius 2 is 1.83 bits per heavy atom. The molecule has 1 saturated carbocycles. The van der Waals surface area contributed by atoms with Crippen molar-refractivity contribution >= 4 is 12.1 Å². The summed E-state index contributed by atoms with van der Waals surface area (Å²) in [6, 6.07) is -0.0532. The maximum Gasteiger partial charge on any atom is 0.317 e. The molecule has 0 spiro atoms. The van der Waals surface area contributed by atoms with Crippen molar-refractivity contribution in [1.82, 2.24) is 20.9 Å². The first-order chi connectivity index (χ1) is 10.9. The van der Waals surface area contributed by atoms with Crippen LogP contribution in [0.1, 0.15) is 52.9 Å². The molecule has 2 rings (SSSR count). The van der Waals surface area contributed by atoms with Crippen LogP contribution in [-0.2, 0) is 0 Å². The van der Waals surface area contributed by atoms with Crippen molar-refractivity contribution in [1.29, 1.82) is 0 Å². The molecule has 132 valence electrons. The van der Waals surface area contributed by atoms with Gasteiger partial charge >= 0.3 is 12.1 Å². The maximum absolute atomic E-state index is 12.2. The van der Waals surface area contributed by atoms with Gasteiger partial charge < -0.3 is 20.9 Å². The standard InChI is InChI=1S/C17H32N4O2/c1-4-18-15(22)20-17(11-14-5-6-14)7-9-21(10-8-17)16(23)19-12-13(2)3/h13-14H,4-12H2,1-3H3,(H,19,23)(H2,18,20,22). The largest absolute Gasteiger partial charge is 0.338 e. The van der Waals surface area contributed by atoms with Crippen molar-refractivity contribution in [2.45, 2.75) is 58.4 Å². The van der Waals surface area contributed by atoms with E-state index in [1.807, 2.05) is 11.8 Å². The molecule has 0 atom stereocenters. The number of hydrogen-bond acceptors (Lipinski definition) is 2.